The van der Waals surface area contributed by atoms with Gasteiger partial charge in [0.15, 0.2) is 9.84 Å². The van der Waals surface area contributed by atoms with Gasteiger partial charge in [0.25, 0.3) is 0 Å². The molecule has 1 aliphatic heterocycles. The molecular weight excluding hydrogens is 302 g/mol. The number of hydrogen-bond donors (Lipinski definition) is 1. The summed E-state index contributed by atoms with van der Waals surface area (Å²) >= 11 is 3.38. The number of benzene rings is 1. The Bertz CT molecular complexity index is 508. The SMILES string of the molecule is CC1(C)CS(=O)(=O)CC(c2ccc(Br)cc2)N1. The molecule has 5 heteroatoms. The Hall–Kier alpha value is -0.390. The molecule has 1 N–H and O–H groups in total. The van der Waals surface area contributed by atoms with Gasteiger partial charge in [-0.1, -0.05) is 28.1 Å². The number of nitrogens with one attached hydrogen (secondary N) is 1. The molecule has 1 unspecified atom stereocenters. The molecule has 0 aliphatic carbocycles. The minimum atomic E-state index is -2.97. The first-order chi connectivity index (χ1) is 7.77. The standard InChI is InChI=1S/C12H16BrNO2S/c1-12(2)8-17(15,16)7-11(14-12)9-3-5-10(13)6-4-9/h3-6,11,14H,7-8H2,1-2H3. The Morgan fingerprint density at radius 2 is 1.88 bits per heavy atom. The molecule has 0 aromatic heterocycles. The molecule has 2 rings (SSSR count). The third-order valence-electron chi connectivity index (χ3n) is 2.84. The van der Waals surface area contributed by atoms with Crippen LogP contribution in [0.1, 0.15) is 25.5 Å². The van der Waals surface area contributed by atoms with Crippen molar-refractivity contribution in [3.05, 3.63) is 34.3 Å². The first kappa shape index (κ1) is 13.1. The van der Waals surface area contributed by atoms with Crippen molar-refractivity contribution in [2.75, 3.05) is 11.5 Å². The number of sulfone groups is 1. The largest absolute Gasteiger partial charge is 0.303 e. The van der Waals surface area contributed by atoms with E-state index in [4.69, 9.17) is 0 Å². The van der Waals surface area contributed by atoms with Crippen LogP contribution in [0.15, 0.2) is 28.7 Å². The molecule has 0 radical (unpaired) electrons. The van der Waals surface area contributed by atoms with Crippen molar-refractivity contribution in [1.82, 2.24) is 5.32 Å². The Morgan fingerprint density at radius 3 is 2.41 bits per heavy atom. The highest BCUT2D eigenvalue weighted by molar-refractivity contribution is 9.10. The van der Waals surface area contributed by atoms with Crippen molar-refractivity contribution >= 4 is 25.8 Å². The van der Waals surface area contributed by atoms with Crippen LogP contribution in [-0.4, -0.2) is 25.5 Å². The molecule has 0 amide bonds. The van der Waals surface area contributed by atoms with E-state index in [-0.39, 0.29) is 23.1 Å². The average Bonchev–Trinajstić information content (AvgIpc) is 2.13. The topological polar surface area (TPSA) is 46.2 Å². The highest BCUT2D eigenvalue weighted by Crippen LogP contribution is 2.26. The van der Waals surface area contributed by atoms with Crippen molar-refractivity contribution in [3.63, 3.8) is 0 Å². The van der Waals surface area contributed by atoms with Crippen LogP contribution in [0.4, 0.5) is 0 Å². The van der Waals surface area contributed by atoms with Crippen LogP contribution in [0.2, 0.25) is 0 Å². The third-order valence-corrected chi connectivity index (χ3v) is 5.37. The number of halogens is 1. The molecule has 94 valence electrons. The molecular formula is C12H16BrNO2S. The third kappa shape index (κ3) is 3.30. The maximum Gasteiger partial charge on any atom is 0.153 e. The van der Waals surface area contributed by atoms with Gasteiger partial charge in [0.2, 0.25) is 0 Å². The normalized spacial score (nSPS) is 26.6. The zero-order chi connectivity index (χ0) is 12.7. The van der Waals surface area contributed by atoms with E-state index >= 15 is 0 Å². The van der Waals surface area contributed by atoms with E-state index in [2.05, 4.69) is 21.2 Å². The van der Waals surface area contributed by atoms with Crippen molar-refractivity contribution in [2.45, 2.75) is 25.4 Å². The van der Waals surface area contributed by atoms with Crippen LogP contribution in [0.3, 0.4) is 0 Å². The molecule has 17 heavy (non-hydrogen) atoms. The van der Waals surface area contributed by atoms with Gasteiger partial charge in [-0.25, -0.2) is 8.42 Å². The Morgan fingerprint density at radius 1 is 1.29 bits per heavy atom. The molecule has 1 atom stereocenters. The van der Waals surface area contributed by atoms with Gasteiger partial charge < -0.3 is 5.32 Å². The first-order valence-electron chi connectivity index (χ1n) is 5.51. The minimum Gasteiger partial charge on any atom is -0.303 e. The van der Waals surface area contributed by atoms with Crippen LogP contribution in [0.5, 0.6) is 0 Å². The van der Waals surface area contributed by atoms with Crippen molar-refractivity contribution in [1.29, 1.82) is 0 Å². The van der Waals surface area contributed by atoms with E-state index in [1.165, 1.54) is 0 Å². The summed E-state index contributed by atoms with van der Waals surface area (Å²) < 4.78 is 24.7. The van der Waals surface area contributed by atoms with E-state index in [1.807, 2.05) is 38.1 Å². The predicted octanol–water partition coefficient (Wildman–Crippen LogP) is 2.29. The second kappa shape index (κ2) is 4.37. The molecule has 1 aromatic carbocycles. The molecule has 1 saturated heterocycles. The summed E-state index contributed by atoms with van der Waals surface area (Å²) in [6.07, 6.45) is 0. The van der Waals surface area contributed by atoms with Gasteiger partial charge in [-0.05, 0) is 31.5 Å². The summed E-state index contributed by atoms with van der Waals surface area (Å²) in [7, 11) is -2.97. The number of rotatable bonds is 1. The lowest BCUT2D eigenvalue weighted by Gasteiger charge is -2.37. The zero-order valence-electron chi connectivity index (χ0n) is 9.90. The fourth-order valence-electron chi connectivity index (χ4n) is 2.29. The maximum atomic E-state index is 11.9. The second-order valence-corrected chi connectivity index (χ2v) is 8.21. The quantitative estimate of drug-likeness (QED) is 0.864. The highest BCUT2D eigenvalue weighted by Gasteiger charge is 2.36. The lowest BCUT2D eigenvalue weighted by molar-refractivity contribution is 0.360. The monoisotopic (exact) mass is 317 g/mol. The van der Waals surface area contributed by atoms with Crippen LogP contribution in [-0.2, 0) is 9.84 Å². The summed E-state index contributed by atoms with van der Waals surface area (Å²) in [5, 5.41) is 3.39. The van der Waals surface area contributed by atoms with E-state index in [1.54, 1.807) is 0 Å². The van der Waals surface area contributed by atoms with Crippen LogP contribution in [0, 0.1) is 0 Å². The molecule has 1 aromatic rings. The average molecular weight is 318 g/mol. The van der Waals surface area contributed by atoms with Gasteiger partial charge in [0.05, 0.1) is 11.5 Å². The van der Waals surface area contributed by atoms with Gasteiger partial charge in [-0.3, -0.25) is 0 Å². The zero-order valence-corrected chi connectivity index (χ0v) is 12.3. The molecule has 1 fully saturated rings. The summed E-state index contributed by atoms with van der Waals surface area (Å²) in [5.74, 6) is 0.380. The molecule has 0 spiro atoms. The van der Waals surface area contributed by atoms with Gasteiger partial charge in [-0.15, -0.1) is 0 Å². The maximum absolute atomic E-state index is 11.9. The van der Waals surface area contributed by atoms with E-state index in [0.717, 1.165) is 10.0 Å². The smallest absolute Gasteiger partial charge is 0.153 e. The number of hydrogen-bond acceptors (Lipinski definition) is 3. The summed E-state index contributed by atoms with van der Waals surface area (Å²) in [6.45, 7) is 3.85. The lowest BCUT2D eigenvalue weighted by Crippen LogP contribution is -2.54. The van der Waals surface area contributed by atoms with E-state index in [9.17, 15) is 8.42 Å². The van der Waals surface area contributed by atoms with Gasteiger partial charge in [0.1, 0.15) is 0 Å². The lowest BCUT2D eigenvalue weighted by atomic mass is 10.0. The van der Waals surface area contributed by atoms with E-state index in [0.29, 0.717) is 0 Å². The highest BCUT2D eigenvalue weighted by atomic mass is 79.9. The summed E-state index contributed by atoms with van der Waals surface area (Å²) in [5.41, 5.74) is 0.652. The van der Waals surface area contributed by atoms with Gasteiger partial charge in [0, 0.05) is 16.1 Å². The molecule has 3 nitrogen and oxygen atoms in total. The molecule has 0 saturated carbocycles. The summed E-state index contributed by atoms with van der Waals surface area (Å²) in [6, 6.07) is 7.67. The van der Waals surface area contributed by atoms with Crippen LogP contribution >= 0.6 is 15.9 Å². The van der Waals surface area contributed by atoms with Crippen LogP contribution in [0.25, 0.3) is 0 Å². The Labute approximate surface area is 111 Å². The summed E-state index contributed by atoms with van der Waals surface area (Å²) in [4.78, 5) is 0. The minimum absolute atomic E-state index is 0.114. The molecule has 0 bridgehead atoms. The van der Waals surface area contributed by atoms with Crippen LogP contribution < -0.4 is 5.32 Å². The van der Waals surface area contributed by atoms with Crippen molar-refractivity contribution < 1.29 is 8.42 Å². The first-order valence-corrected chi connectivity index (χ1v) is 8.12. The predicted molar refractivity (Wildman–Crippen MR) is 72.8 cm³/mol. The van der Waals surface area contributed by atoms with Crippen molar-refractivity contribution in [2.24, 2.45) is 0 Å². The van der Waals surface area contributed by atoms with Gasteiger partial charge >= 0.3 is 0 Å². The fraction of sp³-hybridized carbons (Fsp3) is 0.500. The van der Waals surface area contributed by atoms with Gasteiger partial charge in [-0.2, -0.15) is 0 Å². The fourth-order valence-corrected chi connectivity index (χ4v) is 4.64. The Balaban J connectivity index is 2.30. The second-order valence-electron chi connectivity index (χ2n) is 5.19. The van der Waals surface area contributed by atoms with E-state index < -0.39 is 9.84 Å². The van der Waals surface area contributed by atoms with Crippen molar-refractivity contribution in [3.8, 4) is 0 Å². The molecule has 1 aliphatic rings. The Kier molecular flexibility index (Phi) is 3.36. The molecule has 1 heterocycles.